The molecule has 2 heterocycles. The number of nitrogens with one attached hydrogen (secondary N) is 1. The molecule has 1 aliphatic rings. The molecule has 32 heavy (non-hydrogen) atoms. The van der Waals surface area contributed by atoms with Crippen LogP contribution in [-0.2, 0) is 30.7 Å². The maximum absolute atomic E-state index is 13.4. The van der Waals surface area contributed by atoms with Gasteiger partial charge in [-0.05, 0) is 48.9 Å². The molecule has 1 aromatic carbocycles. The van der Waals surface area contributed by atoms with Crippen molar-refractivity contribution in [3.8, 4) is 5.75 Å². The molecule has 0 aliphatic heterocycles. The lowest BCUT2D eigenvalue weighted by Gasteiger charge is -2.12. The molecule has 1 aliphatic carbocycles. The minimum absolute atomic E-state index is 0.0600. The summed E-state index contributed by atoms with van der Waals surface area (Å²) in [4.78, 5) is 32.9. The first-order valence-electron chi connectivity index (χ1n) is 11.2. The number of ether oxygens (including phenoxy) is 1. The number of hydrogen-bond donors (Lipinski definition) is 1. The molecule has 0 spiro atoms. The van der Waals surface area contributed by atoms with E-state index in [0.29, 0.717) is 18.2 Å². The minimum Gasteiger partial charge on any atom is -0.497 e. The van der Waals surface area contributed by atoms with Crippen LogP contribution in [0.1, 0.15) is 48.6 Å². The molecule has 0 saturated heterocycles. The number of thioether (sulfide) groups is 1. The number of carbonyl (C=O) groups is 1. The molecule has 0 saturated carbocycles. The van der Waals surface area contributed by atoms with Gasteiger partial charge in [-0.15, -0.1) is 11.3 Å². The van der Waals surface area contributed by atoms with Crippen LogP contribution in [0.5, 0.6) is 5.75 Å². The van der Waals surface area contributed by atoms with Crippen LogP contribution in [0.4, 0.5) is 0 Å². The molecule has 3 aromatic rings. The van der Waals surface area contributed by atoms with Crippen molar-refractivity contribution in [3.05, 3.63) is 50.6 Å². The number of carbonyl (C=O) groups excluding carboxylic acids is 1. The van der Waals surface area contributed by atoms with Gasteiger partial charge < -0.3 is 10.1 Å². The zero-order valence-electron chi connectivity index (χ0n) is 18.6. The summed E-state index contributed by atoms with van der Waals surface area (Å²) < 4.78 is 7.03. The predicted molar refractivity (Wildman–Crippen MR) is 131 cm³/mol. The molecule has 2 aromatic heterocycles. The van der Waals surface area contributed by atoms with Gasteiger partial charge >= 0.3 is 0 Å². The van der Waals surface area contributed by atoms with Gasteiger partial charge in [0, 0.05) is 18.0 Å². The van der Waals surface area contributed by atoms with Crippen LogP contribution in [0.2, 0.25) is 0 Å². The Kier molecular flexibility index (Phi) is 7.52. The largest absolute Gasteiger partial charge is 0.497 e. The van der Waals surface area contributed by atoms with E-state index in [2.05, 4.69) is 12.2 Å². The lowest BCUT2D eigenvalue weighted by molar-refractivity contribution is -0.118. The molecular formula is C24H29N3O3S2. The van der Waals surface area contributed by atoms with E-state index in [1.54, 1.807) is 23.0 Å². The van der Waals surface area contributed by atoms with Crippen molar-refractivity contribution in [1.82, 2.24) is 14.9 Å². The Bertz CT molecular complexity index is 1170. The van der Waals surface area contributed by atoms with Gasteiger partial charge in [0.15, 0.2) is 5.16 Å². The third-order valence-corrected chi connectivity index (χ3v) is 7.89. The number of nitrogens with zero attached hydrogens (tertiary/aromatic N) is 2. The van der Waals surface area contributed by atoms with Crippen molar-refractivity contribution in [2.45, 2.75) is 63.7 Å². The number of aryl methyl sites for hydroxylation is 2. The third kappa shape index (κ3) is 5.02. The molecule has 4 rings (SSSR count). The van der Waals surface area contributed by atoms with E-state index >= 15 is 0 Å². The highest BCUT2D eigenvalue weighted by atomic mass is 32.2. The first-order chi connectivity index (χ1) is 15.6. The lowest BCUT2D eigenvalue weighted by Crippen LogP contribution is -2.27. The second-order valence-electron chi connectivity index (χ2n) is 8.01. The summed E-state index contributed by atoms with van der Waals surface area (Å²) in [5.41, 5.74) is 2.25. The van der Waals surface area contributed by atoms with Crippen molar-refractivity contribution in [2.75, 3.05) is 12.9 Å². The lowest BCUT2D eigenvalue weighted by atomic mass is 10.2. The molecule has 8 heteroatoms. The van der Waals surface area contributed by atoms with Crippen LogP contribution in [0.25, 0.3) is 10.2 Å². The molecule has 0 bridgehead atoms. The molecule has 1 amide bonds. The van der Waals surface area contributed by atoms with Crippen LogP contribution < -0.4 is 15.6 Å². The number of benzene rings is 1. The fourth-order valence-electron chi connectivity index (χ4n) is 4.05. The van der Waals surface area contributed by atoms with Crippen molar-refractivity contribution in [2.24, 2.45) is 0 Å². The van der Waals surface area contributed by atoms with Crippen LogP contribution in [0.3, 0.4) is 0 Å². The highest BCUT2D eigenvalue weighted by Gasteiger charge is 2.23. The van der Waals surface area contributed by atoms with E-state index in [9.17, 15) is 9.59 Å². The van der Waals surface area contributed by atoms with E-state index in [0.717, 1.165) is 60.1 Å². The van der Waals surface area contributed by atoms with Crippen LogP contribution >= 0.6 is 23.1 Å². The third-order valence-electron chi connectivity index (χ3n) is 5.73. The zero-order valence-corrected chi connectivity index (χ0v) is 20.2. The summed E-state index contributed by atoms with van der Waals surface area (Å²) in [6.07, 6.45) is 6.23. The second kappa shape index (κ2) is 10.5. The SMILES string of the molecule is CCCCCn1c(SCC(=O)NCc2cccc(OC)c2)nc2sc3c(c2c1=O)CCC3. The van der Waals surface area contributed by atoms with Crippen molar-refractivity contribution < 1.29 is 9.53 Å². The number of thiophene rings is 1. The molecule has 6 nitrogen and oxygen atoms in total. The molecule has 0 atom stereocenters. The molecule has 0 radical (unpaired) electrons. The fraction of sp³-hybridized carbons (Fsp3) is 0.458. The van der Waals surface area contributed by atoms with Gasteiger partial charge in [-0.2, -0.15) is 0 Å². The number of fused-ring (bicyclic) bond motifs is 3. The number of rotatable bonds is 10. The fourth-order valence-corrected chi connectivity index (χ4v) is 6.21. The predicted octanol–water partition coefficient (Wildman–Crippen LogP) is 4.55. The van der Waals surface area contributed by atoms with Crippen molar-refractivity contribution in [1.29, 1.82) is 0 Å². The Morgan fingerprint density at radius 1 is 1.31 bits per heavy atom. The van der Waals surface area contributed by atoms with E-state index in [1.807, 2.05) is 24.3 Å². The summed E-state index contributed by atoms with van der Waals surface area (Å²) in [5, 5.41) is 4.41. The molecule has 0 unspecified atom stereocenters. The van der Waals surface area contributed by atoms with Crippen LogP contribution in [-0.4, -0.2) is 28.3 Å². The number of aromatic nitrogens is 2. The van der Waals surface area contributed by atoms with E-state index in [1.165, 1.54) is 22.2 Å². The van der Waals surface area contributed by atoms with Gasteiger partial charge in [0.1, 0.15) is 10.6 Å². The second-order valence-corrected chi connectivity index (χ2v) is 10.0. The standard InChI is InChI=1S/C24H29N3O3S2/c1-3-4-5-12-27-23(29)21-18-10-7-11-19(18)32-22(21)26-24(27)31-15-20(28)25-14-16-8-6-9-17(13-16)30-2/h6,8-9,13H,3-5,7,10-12,14-15H2,1-2H3,(H,25,28). The summed E-state index contributed by atoms with van der Waals surface area (Å²) in [6, 6.07) is 7.64. The Hall–Kier alpha value is -2.32. The number of hydrogen-bond acceptors (Lipinski definition) is 6. The topological polar surface area (TPSA) is 73.2 Å². The maximum atomic E-state index is 13.4. The molecular weight excluding hydrogens is 442 g/mol. The van der Waals surface area contributed by atoms with Gasteiger partial charge in [-0.25, -0.2) is 4.98 Å². The molecule has 1 N–H and O–H groups in total. The van der Waals surface area contributed by atoms with E-state index in [4.69, 9.17) is 9.72 Å². The number of amides is 1. The Morgan fingerprint density at radius 3 is 3.00 bits per heavy atom. The monoisotopic (exact) mass is 471 g/mol. The van der Waals surface area contributed by atoms with E-state index in [-0.39, 0.29) is 17.2 Å². The van der Waals surface area contributed by atoms with Gasteiger partial charge in [-0.1, -0.05) is 43.7 Å². The maximum Gasteiger partial charge on any atom is 0.263 e. The van der Waals surface area contributed by atoms with Gasteiger partial charge in [-0.3, -0.25) is 14.2 Å². The highest BCUT2D eigenvalue weighted by Crippen LogP contribution is 2.35. The smallest absolute Gasteiger partial charge is 0.263 e. The van der Waals surface area contributed by atoms with Gasteiger partial charge in [0.05, 0.1) is 18.2 Å². The number of methoxy groups -OCH3 is 1. The number of unbranched alkanes of at least 4 members (excludes halogenated alkanes) is 2. The van der Waals surface area contributed by atoms with Gasteiger partial charge in [0.25, 0.3) is 5.56 Å². The van der Waals surface area contributed by atoms with Crippen molar-refractivity contribution in [3.63, 3.8) is 0 Å². The Morgan fingerprint density at radius 2 is 2.19 bits per heavy atom. The average Bonchev–Trinajstić information content (AvgIpc) is 3.39. The minimum atomic E-state index is -0.0825. The Labute approximate surface area is 196 Å². The van der Waals surface area contributed by atoms with Gasteiger partial charge in [0.2, 0.25) is 5.91 Å². The van der Waals surface area contributed by atoms with Crippen LogP contribution in [0, 0.1) is 0 Å². The highest BCUT2D eigenvalue weighted by molar-refractivity contribution is 7.99. The zero-order chi connectivity index (χ0) is 22.5. The van der Waals surface area contributed by atoms with Crippen molar-refractivity contribution >= 4 is 39.2 Å². The molecule has 170 valence electrons. The molecule has 0 fully saturated rings. The normalized spacial score (nSPS) is 12.8. The van der Waals surface area contributed by atoms with E-state index < -0.39 is 0 Å². The first-order valence-corrected chi connectivity index (χ1v) is 13.0. The summed E-state index contributed by atoms with van der Waals surface area (Å²) in [5.74, 6) is 0.907. The summed E-state index contributed by atoms with van der Waals surface area (Å²) in [6.45, 7) is 3.23. The summed E-state index contributed by atoms with van der Waals surface area (Å²) >= 11 is 2.99. The first kappa shape index (κ1) is 22.9. The Balaban J connectivity index is 1.49. The quantitative estimate of drug-likeness (QED) is 0.267. The van der Waals surface area contributed by atoms with Crippen LogP contribution in [0.15, 0.2) is 34.2 Å². The summed E-state index contributed by atoms with van der Waals surface area (Å²) in [7, 11) is 1.63. The average molecular weight is 472 g/mol.